The van der Waals surface area contributed by atoms with Crippen LogP contribution < -0.4 is 25.4 Å². The number of carboxylic acid groups (broad SMARTS) is 2. The first-order chi connectivity index (χ1) is 10.3. The first-order valence-corrected chi connectivity index (χ1v) is 8.08. The number of nitrogens with two attached hydrogens (primary N) is 1. The van der Waals surface area contributed by atoms with Gasteiger partial charge in [-0.2, -0.15) is 0 Å². The average molecular weight is 329 g/mol. The third kappa shape index (κ3) is 5.95. The lowest BCUT2D eigenvalue weighted by atomic mass is 10.1. The van der Waals surface area contributed by atoms with Gasteiger partial charge in [0.1, 0.15) is 6.16 Å². The van der Waals surface area contributed by atoms with Crippen LogP contribution >= 0.6 is 7.94 Å². The molecule has 1 aromatic rings. The molecular formula is C13H16NO7P-2. The van der Waals surface area contributed by atoms with Gasteiger partial charge in [0.05, 0.1) is 13.1 Å². The van der Waals surface area contributed by atoms with E-state index >= 15 is 0 Å². The third-order valence-corrected chi connectivity index (χ3v) is 4.66. The Bertz CT molecular complexity index is 522. The van der Waals surface area contributed by atoms with Crippen LogP contribution in [0.5, 0.6) is 5.75 Å². The van der Waals surface area contributed by atoms with Crippen LogP contribution in [0.2, 0.25) is 0 Å². The molecule has 8 nitrogen and oxygen atoms in total. The lowest BCUT2D eigenvalue weighted by molar-refractivity contribution is -0.308. The maximum atomic E-state index is 12.3. The average Bonchev–Trinajstić information content (AvgIpc) is 2.46. The molecule has 0 aromatic heterocycles. The fourth-order valence-corrected chi connectivity index (χ4v) is 2.97. The molecule has 0 bridgehead atoms. The summed E-state index contributed by atoms with van der Waals surface area (Å²) in [6.45, 7) is 0. The van der Waals surface area contributed by atoms with E-state index in [2.05, 4.69) is 0 Å². The zero-order valence-corrected chi connectivity index (χ0v) is 12.8. The van der Waals surface area contributed by atoms with Crippen molar-refractivity contribution in [3.8, 4) is 5.75 Å². The Balaban J connectivity index is 2.67. The van der Waals surface area contributed by atoms with E-state index < -0.39 is 25.9 Å². The molecule has 9 heteroatoms. The molecule has 0 amide bonds. The van der Waals surface area contributed by atoms with Gasteiger partial charge in [-0.05, 0) is 17.7 Å². The molecule has 0 spiro atoms. The van der Waals surface area contributed by atoms with Crippen molar-refractivity contribution in [3.05, 3.63) is 29.8 Å². The molecule has 1 rings (SSSR count). The molecule has 1 aromatic carbocycles. The first kappa shape index (κ1) is 18.3. The van der Waals surface area contributed by atoms with Crippen LogP contribution in [0.3, 0.4) is 0 Å². The van der Waals surface area contributed by atoms with Crippen molar-refractivity contribution in [1.82, 2.24) is 0 Å². The monoisotopic (exact) mass is 329 g/mol. The largest absolute Gasteiger partial charge is 0.624 e. The standard InChI is InChI=1S/C13H18NO7P/c1-20-22(19,7-6-11(14)13(17)18)21-10-4-2-9(3-5-10)8-12(15)16/h2-5,11H,6-8,14H2,1H3,(H,15,16)(H,17,18)/p-2. The maximum Gasteiger partial charge on any atom is 0.284 e. The summed E-state index contributed by atoms with van der Waals surface area (Å²) in [6.07, 6.45) is -0.571. The molecule has 0 fully saturated rings. The predicted molar refractivity (Wildman–Crippen MR) is 72.2 cm³/mol. The first-order valence-electron chi connectivity index (χ1n) is 6.35. The van der Waals surface area contributed by atoms with Gasteiger partial charge >= 0.3 is 0 Å². The Labute approximate surface area is 128 Å². The topological polar surface area (TPSA) is 148 Å². The van der Waals surface area contributed by atoms with Gasteiger partial charge in [-0.15, -0.1) is 0 Å². The predicted octanol–water partition coefficient (Wildman–Crippen LogP) is -2.41. The van der Waals surface area contributed by atoms with E-state index in [0.717, 1.165) is 0 Å². The lowest BCUT2D eigenvalue weighted by Gasteiger charge is -2.27. The molecule has 22 heavy (non-hydrogen) atoms. The molecule has 2 atom stereocenters. The van der Waals surface area contributed by atoms with Crippen molar-refractivity contribution in [1.29, 1.82) is 0 Å². The zero-order valence-electron chi connectivity index (χ0n) is 11.9. The SMILES string of the molecule is CO[P+]([O-])(CCC(N)C(=O)[O-])Oc1ccc(CC(=O)[O-])cc1. The van der Waals surface area contributed by atoms with Gasteiger partial charge in [-0.1, -0.05) is 12.1 Å². The highest BCUT2D eigenvalue weighted by atomic mass is 31.2. The molecule has 122 valence electrons. The summed E-state index contributed by atoms with van der Waals surface area (Å²) in [5.74, 6) is -2.46. The van der Waals surface area contributed by atoms with Crippen molar-refractivity contribution < 1.29 is 33.7 Å². The Morgan fingerprint density at radius 1 is 1.27 bits per heavy atom. The van der Waals surface area contributed by atoms with Crippen molar-refractivity contribution in [2.75, 3.05) is 13.3 Å². The van der Waals surface area contributed by atoms with Gasteiger partial charge in [0.25, 0.3) is 7.94 Å². The van der Waals surface area contributed by atoms with Crippen LogP contribution in [0.25, 0.3) is 0 Å². The Morgan fingerprint density at radius 3 is 2.32 bits per heavy atom. The van der Waals surface area contributed by atoms with Crippen LogP contribution in [-0.4, -0.2) is 31.3 Å². The quantitative estimate of drug-likeness (QED) is 0.493. The van der Waals surface area contributed by atoms with Gasteiger partial charge < -0.3 is 35.0 Å². The van der Waals surface area contributed by atoms with Crippen molar-refractivity contribution in [3.63, 3.8) is 0 Å². The summed E-state index contributed by atoms with van der Waals surface area (Å²) >= 11 is 0. The molecule has 0 saturated heterocycles. The van der Waals surface area contributed by atoms with Crippen LogP contribution in [0.15, 0.2) is 24.3 Å². The second-order valence-corrected chi connectivity index (χ2v) is 6.73. The molecule has 2 unspecified atom stereocenters. The summed E-state index contributed by atoms with van der Waals surface area (Å²) in [6, 6.07) is 4.57. The van der Waals surface area contributed by atoms with Gasteiger partial charge in [0.15, 0.2) is 5.75 Å². The summed E-state index contributed by atoms with van der Waals surface area (Å²) in [5.41, 5.74) is 5.78. The van der Waals surface area contributed by atoms with Crippen molar-refractivity contribution in [2.45, 2.75) is 18.9 Å². The number of rotatable bonds is 9. The van der Waals surface area contributed by atoms with Gasteiger partial charge in [0, 0.05) is 24.9 Å². The molecule has 0 aliphatic carbocycles. The van der Waals surface area contributed by atoms with Crippen LogP contribution in [-0.2, 0) is 20.5 Å². The van der Waals surface area contributed by atoms with E-state index in [1.165, 1.54) is 31.4 Å². The minimum absolute atomic E-state index is 0.129. The van der Waals surface area contributed by atoms with E-state index in [1.54, 1.807) is 0 Å². The van der Waals surface area contributed by atoms with Gasteiger partial charge in [-0.25, -0.2) is 4.52 Å². The molecule has 0 aliphatic heterocycles. The van der Waals surface area contributed by atoms with Crippen LogP contribution in [0.4, 0.5) is 0 Å². The highest BCUT2D eigenvalue weighted by molar-refractivity contribution is 7.59. The van der Waals surface area contributed by atoms with Gasteiger partial charge in [-0.3, -0.25) is 0 Å². The van der Waals surface area contributed by atoms with Crippen molar-refractivity contribution >= 4 is 19.9 Å². The lowest BCUT2D eigenvalue weighted by Crippen LogP contribution is -2.43. The fraction of sp³-hybridized carbons (Fsp3) is 0.385. The second-order valence-electron chi connectivity index (χ2n) is 4.52. The summed E-state index contributed by atoms with van der Waals surface area (Å²) in [4.78, 5) is 33.3. The zero-order chi connectivity index (χ0) is 16.8. The van der Waals surface area contributed by atoms with Gasteiger partial charge in [0.2, 0.25) is 0 Å². The van der Waals surface area contributed by atoms with Crippen molar-refractivity contribution in [2.24, 2.45) is 5.73 Å². The van der Waals surface area contributed by atoms with Crippen LogP contribution in [0.1, 0.15) is 12.0 Å². The number of hydrogen-bond acceptors (Lipinski definition) is 8. The highest BCUT2D eigenvalue weighted by Gasteiger charge is 2.30. The third-order valence-electron chi connectivity index (χ3n) is 2.81. The molecule has 0 radical (unpaired) electrons. The van der Waals surface area contributed by atoms with E-state index in [0.29, 0.717) is 5.56 Å². The minimum atomic E-state index is -3.56. The van der Waals surface area contributed by atoms with E-state index in [4.69, 9.17) is 14.8 Å². The number of carboxylic acids is 2. The second kappa shape index (κ2) is 8.05. The van der Waals surface area contributed by atoms with E-state index in [-0.39, 0.29) is 24.8 Å². The normalized spacial score (nSPS) is 14.9. The number of aliphatic carboxylic acids is 2. The fourth-order valence-electron chi connectivity index (χ4n) is 1.58. The maximum absolute atomic E-state index is 12.3. The number of carbonyl (C=O) groups excluding carboxylic acids is 2. The Hall–Kier alpha value is -1.73. The number of benzene rings is 1. The van der Waals surface area contributed by atoms with Crippen LogP contribution in [0, 0.1) is 0 Å². The Morgan fingerprint density at radius 2 is 1.86 bits per heavy atom. The molecule has 0 aliphatic rings. The smallest absolute Gasteiger partial charge is 0.284 e. The number of hydrogen-bond donors (Lipinski definition) is 1. The highest BCUT2D eigenvalue weighted by Crippen LogP contribution is 2.52. The summed E-state index contributed by atoms with van der Waals surface area (Å²) in [7, 11) is -2.38. The summed E-state index contributed by atoms with van der Waals surface area (Å²) < 4.78 is 10.1. The van der Waals surface area contributed by atoms with E-state index in [1.807, 2.05) is 0 Å². The van der Waals surface area contributed by atoms with E-state index in [9.17, 15) is 24.7 Å². The number of carbonyl (C=O) groups is 2. The molecule has 0 heterocycles. The summed E-state index contributed by atoms with van der Waals surface area (Å²) in [5, 5.41) is 21.0. The Kier molecular flexibility index (Phi) is 6.70. The molecule has 2 N–H and O–H groups in total. The molecule has 0 saturated carbocycles. The molecular weight excluding hydrogens is 313 g/mol. The minimum Gasteiger partial charge on any atom is -0.624 e.